The lowest BCUT2D eigenvalue weighted by Gasteiger charge is -2.19. The molecule has 0 unspecified atom stereocenters. The standard InChI is InChI=1S/C9H18N2S/c1-11(12-9-4-5-9)7-8-3-2-6-10-8/h8-10H,2-7H2,1H3/t8-/m0/s1. The molecule has 0 bridgehead atoms. The van der Waals surface area contributed by atoms with E-state index in [1.807, 2.05) is 11.9 Å². The molecule has 1 N–H and O–H groups in total. The fraction of sp³-hybridized carbons (Fsp3) is 1.00. The first-order valence-corrected chi connectivity index (χ1v) is 5.79. The molecule has 2 fully saturated rings. The number of hydrogen-bond donors (Lipinski definition) is 1. The van der Waals surface area contributed by atoms with Crippen LogP contribution < -0.4 is 5.32 Å². The number of hydrogen-bond acceptors (Lipinski definition) is 3. The average Bonchev–Trinajstić information content (AvgIpc) is 2.66. The molecular formula is C9H18N2S. The summed E-state index contributed by atoms with van der Waals surface area (Å²) in [6, 6.07) is 0.765. The Balaban J connectivity index is 1.62. The number of rotatable bonds is 4. The Morgan fingerprint density at radius 3 is 2.83 bits per heavy atom. The lowest BCUT2D eigenvalue weighted by atomic mass is 10.2. The Hall–Kier alpha value is 0.270. The zero-order valence-electron chi connectivity index (χ0n) is 7.75. The van der Waals surface area contributed by atoms with Crippen LogP contribution in [-0.2, 0) is 0 Å². The van der Waals surface area contributed by atoms with E-state index in [2.05, 4.69) is 16.7 Å². The normalized spacial score (nSPS) is 30.0. The fourth-order valence-electron chi connectivity index (χ4n) is 1.69. The summed E-state index contributed by atoms with van der Waals surface area (Å²) in [5.41, 5.74) is 0. The van der Waals surface area contributed by atoms with E-state index < -0.39 is 0 Å². The van der Waals surface area contributed by atoms with Gasteiger partial charge in [-0.25, -0.2) is 0 Å². The second kappa shape index (κ2) is 3.99. The van der Waals surface area contributed by atoms with Crippen molar-refractivity contribution in [1.82, 2.24) is 9.62 Å². The summed E-state index contributed by atoms with van der Waals surface area (Å²) in [7, 11) is 2.23. The van der Waals surface area contributed by atoms with Crippen molar-refractivity contribution >= 4 is 11.9 Å². The Morgan fingerprint density at radius 1 is 1.42 bits per heavy atom. The van der Waals surface area contributed by atoms with Gasteiger partial charge < -0.3 is 5.32 Å². The molecule has 2 aliphatic rings. The van der Waals surface area contributed by atoms with E-state index in [0.29, 0.717) is 0 Å². The quantitative estimate of drug-likeness (QED) is 0.670. The lowest BCUT2D eigenvalue weighted by molar-refractivity contribution is 0.461. The molecule has 12 heavy (non-hydrogen) atoms. The van der Waals surface area contributed by atoms with Gasteiger partial charge in [-0.3, -0.25) is 4.31 Å². The number of likely N-dealkylation sites (N-methyl/N-ethyl adjacent to an activating group) is 1. The van der Waals surface area contributed by atoms with Crippen LogP contribution in [0.4, 0.5) is 0 Å². The average molecular weight is 186 g/mol. The molecule has 1 saturated heterocycles. The molecule has 0 aromatic rings. The van der Waals surface area contributed by atoms with Gasteiger partial charge in [-0.2, -0.15) is 0 Å². The minimum absolute atomic E-state index is 0.765. The molecule has 1 heterocycles. The number of nitrogens with one attached hydrogen (secondary N) is 1. The highest BCUT2D eigenvalue weighted by Gasteiger charge is 2.25. The second-order valence-electron chi connectivity index (χ2n) is 3.91. The van der Waals surface area contributed by atoms with Crippen LogP contribution in [0, 0.1) is 0 Å². The van der Waals surface area contributed by atoms with E-state index >= 15 is 0 Å². The molecule has 2 nitrogen and oxygen atoms in total. The van der Waals surface area contributed by atoms with Crippen molar-refractivity contribution in [2.75, 3.05) is 20.1 Å². The predicted octanol–water partition coefficient (Wildman–Crippen LogP) is 1.48. The van der Waals surface area contributed by atoms with Gasteiger partial charge in [0.15, 0.2) is 0 Å². The van der Waals surface area contributed by atoms with E-state index in [1.165, 1.54) is 38.8 Å². The third-order valence-corrected chi connectivity index (χ3v) is 3.77. The van der Waals surface area contributed by atoms with Crippen molar-refractivity contribution in [3.8, 4) is 0 Å². The molecule has 0 radical (unpaired) electrons. The molecule has 0 spiro atoms. The smallest absolute Gasteiger partial charge is 0.0240 e. The van der Waals surface area contributed by atoms with Crippen LogP contribution in [-0.4, -0.2) is 35.7 Å². The molecule has 0 aromatic heterocycles. The Morgan fingerprint density at radius 2 is 2.25 bits per heavy atom. The van der Waals surface area contributed by atoms with Crippen LogP contribution >= 0.6 is 11.9 Å². The van der Waals surface area contributed by atoms with E-state index in [1.54, 1.807) is 0 Å². The molecule has 0 aromatic carbocycles. The van der Waals surface area contributed by atoms with Crippen LogP contribution in [0.3, 0.4) is 0 Å². The van der Waals surface area contributed by atoms with Crippen LogP contribution in [0.1, 0.15) is 25.7 Å². The first-order valence-electron chi connectivity index (χ1n) is 4.96. The van der Waals surface area contributed by atoms with E-state index in [9.17, 15) is 0 Å². The molecule has 3 heteroatoms. The van der Waals surface area contributed by atoms with Crippen LogP contribution in [0.25, 0.3) is 0 Å². The lowest BCUT2D eigenvalue weighted by Crippen LogP contribution is -2.32. The summed E-state index contributed by atoms with van der Waals surface area (Å²) >= 11 is 2.05. The highest BCUT2D eigenvalue weighted by molar-refractivity contribution is 7.97. The monoisotopic (exact) mass is 186 g/mol. The van der Waals surface area contributed by atoms with Gasteiger partial charge in [-0.1, -0.05) is 11.9 Å². The van der Waals surface area contributed by atoms with E-state index in [4.69, 9.17) is 0 Å². The van der Waals surface area contributed by atoms with Gasteiger partial charge in [-0.05, 0) is 39.3 Å². The maximum absolute atomic E-state index is 3.53. The molecule has 70 valence electrons. The largest absolute Gasteiger partial charge is 0.313 e. The topological polar surface area (TPSA) is 15.3 Å². The molecule has 0 amide bonds. The number of nitrogens with zero attached hydrogens (tertiary/aromatic N) is 1. The third kappa shape index (κ3) is 2.64. The molecule has 1 aliphatic heterocycles. The predicted molar refractivity (Wildman–Crippen MR) is 54.3 cm³/mol. The minimum Gasteiger partial charge on any atom is -0.313 e. The second-order valence-corrected chi connectivity index (χ2v) is 5.41. The Labute approximate surface area is 79.2 Å². The van der Waals surface area contributed by atoms with Crippen molar-refractivity contribution in [3.63, 3.8) is 0 Å². The zero-order chi connectivity index (χ0) is 8.39. The summed E-state index contributed by atoms with van der Waals surface area (Å²) in [5, 5.41) is 4.48. The SMILES string of the molecule is CN(C[C@@H]1CCCN1)SC1CC1. The Kier molecular flexibility index (Phi) is 2.94. The van der Waals surface area contributed by atoms with Crippen LogP contribution in [0.2, 0.25) is 0 Å². The first-order chi connectivity index (χ1) is 5.84. The molecular weight excluding hydrogens is 168 g/mol. The van der Waals surface area contributed by atoms with Crippen molar-refractivity contribution in [2.45, 2.75) is 37.0 Å². The maximum Gasteiger partial charge on any atom is 0.0240 e. The van der Waals surface area contributed by atoms with Gasteiger partial charge >= 0.3 is 0 Å². The van der Waals surface area contributed by atoms with E-state index in [0.717, 1.165) is 11.3 Å². The van der Waals surface area contributed by atoms with Gasteiger partial charge in [0, 0.05) is 17.8 Å². The summed E-state index contributed by atoms with van der Waals surface area (Å²) in [6.07, 6.45) is 5.61. The maximum atomic E-state index is 3.53. The molecule has 1 saturated carbocycles. The van der Waals surface area contributed by atoms with Crippen LogP contribution in [0.15, 0.2) is 0 Å². The first kappa shape index (κ1) is 8.85. The molecule has 1 atom stereocenters. The Bertz CT molecular complexity index is 141. The van der Waals surface area contributed by atoms with Gasteiger partial charge in [0.05, 0.1) is 0 Å². The summed E-state index contributed by atoms with van der Waals surface area (Å²) in [5.74, 6) is 0. The zero-order valence-corrected chi connectivity index (χ0v) is 8.57. The van der Waals surface area contributed by atoms with Gasteiger partial charge in [0.25, 0.3) is 0 Å². The molecule has 1 aliphatic carbocycles. The van der Waals surface area contributed by atoms with Gasteiger partial charge in [-0.15, -0.1) is 0 Å². The molecule has 2 rings (SSSR count). The van der Waals surface area contributed by atoms with Crippen LogP contribution in [0.5, 0.6) is 0 Å². The van der Waals surface area contributed by atoms with Crippen molar-refractivity contribution < 1.29 is 0 Å². The third-order valence-electron chi connectivity index (χ3n) is 2.49. The van der Waals surface area contributed by atoms with Gasteiger partial charge in [0.1, 0.15) is 0 Å². The summed E-state index contributed by atoms with van der Waals surface area (Å²) in [6.45, 7) is 2.45. The van der Waals surface area contributed by atoms with Gasteiger partial charge in [0.2, 0.25) is 0 Å². The summed E-state index contributed by atoms with van der Waals surface area (Å²) in [4.78, 5) is 0. The fourth-order valence-corrected chi connectivity index (χ4v) is 2.82. The van der Waals surface area contributed by atoms with Crippen molar-refractivity contribution in [1.29, 1.82) is 0 Å². The highest BCUT2D eigenvalue weighted by atomic mass is 32.2. The van der Waals surface area contributed by atoms with Crippen molar-refractivity contribution in [3.05, 3.63) is 0 Å². The minimum atomic E-state index is 0.765. The van der Waals surface area contributed by atoms with E-state index in [-0.39, 0.29) is 0 Å². The summed E-state index contributed by atoms with van der Waals surface area (Å²) < 4.78 is 2.42. The highest BCUT2D eigenvalue weighted by Crippen LogP contribution is 2.35. The van der Waals surface area contributed by atoms with Crippen molar-refractivity contribution in [2.24, 2.45) is 0 Å².